The van der Waals surface area contributed by atoms with Crippen molar-refractivity contribution in [3.8, 4) is 5.75 Å². The molecular weight excluding hydrogens is 408 g/mol. The molecule has 2 saturated heterocycles. The van der Waals surface area contributed by atoms with Gasteiger partial charge in [-0.2, -0.15) is 4.31 Å². The molecule has 1 N–H and O–H groups in total. The Morgan fingerprint density at radius 3 is 2.07 bits per heavy atom. The van der Waals surface area contributed by atoms with E-state index in [0.717, 1.165) is 18.5 Å². The zero-order chi connectivity index (χ0) is 21.3. The number of para-hydroxylation sites is 2. The average Bonchev–Trinajstić information content (AvgIpc) is 3.30. The highest BCUT2D eigenvalue weighted by atomic mass is 32.2. The molecule has 0 saturated carbocycles. The molecule has 30 heavy (non-hydrogen) atoms. The number of hydrogen-bond donors (Lipinski definition) is 1. The molecule has 0 radical (unpaired) electrons. The summed E-state index contributed by atoms with van der Waals surface area (Å²) in [5.41, 5.74) is 0.947. The molecule has 2 aliphatic heterocycles. The molecule has 0 spiro atoms. The van der Waals surface area contributed by atoms with Crippen LogP contribution in [0.1, 0.15) is 12.8 Å². The SMILES string of the molecule is O=[N+]([O-])c1cc(S(=O)(=O)N2CCCC2)ccc1N1CCN(c2ccccc2O)CC1. The van der Waals surface area contributed by atoms with Gasteiger partial charge in [-0.1, -0.05) is 12.1 Å². The highest BCUT2D eigenvalue weighted by Crippen LogP contribution is 2.34. The van der Waals surface area contributed by atoms with E-state index in [2.05, 4.69) is 0 Å². The normalized spacial score (nSPS) is 18.0. The van der Waals surface area contributed by atoms with Crippen molar-refractivity contribution in [1.29, 1.82) is 0 Å². The zero-order valence-corrected chi connectivity index (χ0v) is 17.3. The topological polar surface area (TPSA) is 107 Å². The van der Waals surface area contributed by atoms with Crippen LogP contribution in [-0.4, -0.2) is 62.0 Å². The predicted molar refractivity (Wildman–Crippen MR) is 114 cm³/mol. The first-order chi connectivity index (χ1) is 14.4. The van der Waals surface area contributed by atoms with Crippen molar-refractivity contribution in [2.24, 2.45) is 0 Å². The predicted octanol–water partition coefficient (Wildman–Crippen LogP) is 2.41. The summed E-state index contributed by atoms with van der Waals surface area (Å²) >= 11 is 0. The Kier molecular flexibility index (Phi) is 5.52. The quantitative estimate of drug-likeness (QED) is 0.571. The number of rotatable bonds is 5. The molecule has 9 nitrogen and oxygen atoms in total. The maximum absolute atomic E-state index is 12.8. The van der Waals surface area contributed by atoms with Crippen molar-refractivity contribution in [2.75, 3.05) is 49.1 Å². The first-order valence-electron chi connectivity index (χ1n) is 9.94. The molecule has 0 amide bonds. The second-order valence-corrected chi connectivity index (χ2v) is 9.42. The lowest BCUT2D eigenvalue weighted by Gasteiger charge is -2.37. The summed E-state index contributed by atoms with van der Waals surface area (Å²) in [6, 6.07) is 11.3. The number of nitro groups is 1. The lowest BCUT2D eigenvalue weighted by Crippen LogP contribution is -2.46. The Bertz CT molecular complexity index is 1040. The Balaban J connectivity index is 1.56. The summed E-state index contributed by atoms with van der Waals surface area (Å²) in [7, 11) is -3.72. The summed E-state index contributed by atoms with van der Waals surface area (Å²) in [6.07, 6.45) is 1.61. The molecule has 2 aliphatic rings. The number of hydrogen-bond acceptors (Lipinski definition) is 7. The fourth-order valence-corrected chi connectivity index (χ4v) is 5.61. The molecule has 2 heterocycles. The molecule has 0 bridgehead atoms. The number of piperazine rings is 1. The lowest BCUT2D eigenvalue weighted by atomic mass is 10.2. The monoisotopic (exact) mass is 432 g/mol. The van der Waals surface area contributed by atoms with Crippen LogP contribution in [0, 0.1) is 10.1 Å². The van der Waals surface area contributed by atoms with Gasteiger partial charge in [-0.25, -0.2) is 8.42 Å². The minimum atomic E-state index is -3.72. The summed E-state index contributed by atoms with van der Waals surface area (Å²) in [5, 5.41) is 21.8. The minimum Gasteiger partial charge on any atom is -0.506 e. The summed E-state index contributed by atoms with van der Waals surface area (Å²) in [6.45, 7) is 3.12. The van der Waals surface area contributed by atoms with Gasteiger partial charge in [0.25, 0.3) is 5.69 Å². The van der Waals surface area contributed by atoms with Crippen molar-refractivity contribution in [3.05, 3.63) is 52.6 Å². The van der Waals surface area contributed by atoms with Crippen LogP contribution in [0.2, 0.25) is 0 Å². The van der Waals surface area contributed by atoms with Crippen LogP contribution in [0.25, 0.3) is 0 Å². The van der Waals surface area contributed by atoms with Gasteiger partial charge in [0.2, 0.25) is 10.0 Å². The lowest BCUT2D eigenvalue weighted by molar-refractivity contribution is -0.384. The van der Waals surface area contributed by atoms with Crippen molar-refractivity contribution in [1.82, 2.24) is 4.31 Å². The van der Waals surface area contributed by atoms with E-state index in [9.17, 15) is 23.6 Å². The van der Waals surface area contributed by atoms with E-state index in [-0.39, 0.29) is 16.3 Å². The highest BCUT2D eigenvalue weighted by molar-refractivity contribution is 7.89. The molecule has 0 unspecified atom stereocenters. The number of anilines is 2. The molecule has 0 aliphatic carbocycles. The number of benzene rings is 2. The van der Waals surface area contributed by atoms with Gasteiger partial charge >= 0.3 is 0 Å². The van der Waals surface area contributed by atoms with Crippen LogP contribution >= 0.6 is 0 Å². The van der Waals surface area contributed by atoms with E-state index >= 15 is 0 Å². The van der Waals surface area contributed by atoms with Gasteiger partial charge in [0.15, 0.2) is 0 Å². The van der Waals surface area contributed by atoms with E-state index < -0.39 is 14.9 Å². The number of nitrogens with zero attached hydrogens (tertiary/aromatic N) is 4. The Morgan fingerprint density at radius 2 is 1.47 bits per heavy atom. The first kappa shape index (κ1) is 20.4. The minimum absolute atomic E-state index is 0.0345. The van der Waals surface area contributed by atoms with E-state index in [1.165, 1.54) is 22.5 Å². The van der Waals surface area contributed by atoms with Crippen LogP contribution in [0.15, 0.2) is 47.4 Å². The second-order valence-electron chi connectivity index (χ2n) is 7.48. The van der Waals surface area contributed by atoms with Crippen molar-refractivity contribution in [2.45, 2.75) is 17.7 Å². The summed E-state index contributed by atoms with van der Waals surface area (Å²) in [5.74, 6) is 0.202. The maximum atomic E-state index is 12.8. The Hall–Kier alpha value is -2.85. The van der Waals surface area contributed by atoms with E-state index in [1.54, 1.807) is 12.1 Å². The van der Waals surface area contributed by atoms with Crippen LogP contribution in [-0.2, 0) is 10.0 Å². The third-order valence-corrected chi connectivity index (χ3v) is 7.58. The molecule has 0 aromatic heterocycles. The smallest absolute Gasteiger partial charge is 0.293 e. The molecule has 2 aromatic rings. The summed E-state index contributed by atoms with van der Waals surface area (Å²) in [4.78, 5) is 15.1. The standard InChI is InChI=1S/C20H24N4O5S/c25-20-6-2-1-5-18(20)22-13-11-21(12-14-22)17-8-7-16(15-19(17)24(26)27)30(28,29)23-9-3-4-10-23/h1-2,5-8,15,25H,3-4,9-14H2. The molecule has 4 rings (SSSR count). The van der Waals surface area contributed by atoms with Crippen LogP contribution in [0.3, 0.4) is 0 Å². The van der Waals surface area contributed by atoms with Crippen molar-refractivity contribution < 1.29 is 18.4 Å². The average molecular weight is 433 g/mol. The van der Waals surface area contributed by atoms with Gasteiger partial charge in [0, 0.05) is 45.3 Å². The van der Waals surface area contributed by atoms with Gasteiger partial charge < -0.3 is 14.9 Å². The number of aromatic hydroxyl groups is 1. The van der Waals surface area contributed by atoms with Crippen molar-refractivity contribution >= 4 is 27.1 Å². The molecule has 10 heteroatoms. The van der Waals surface area contributed by atoms with Crippen LogP contribution in [0.4, 0.5) is 17.1 Å². The highest BCUT2D eigenvalue weighted by Gasteiger charge is 2.31. The fraction of sp³-hybridized carbons (Fsp3) is 0.400. The van der Waals surface area contributed by atoms with Gasteiger partial charge in [0.05, 0.1) is 15.5 Å². The third-order valence-electron chi connectivity index (χ3n) is 5.69. The van der Waals surface area contributed by atoms with Gasteiger partial charge in [-0.3, -0.25) is 10.1 Å². The first-order valence-corrected chi connectivity index (χ1v) is 11.4. The fourth-order valence-electron chi connectivity index (χ4n) is 4.07. The zero-order valence-electron chi connectivity index (χ0n) is 16.5. The summed E-state index contributed by atoms with van der Waals surface area (Å²) < 4.78 is 27.0. The van der Waals surface area contributed by atoms with Crippen molar-refractivity contribution in [3.63, 3.8) is 0 Å². The largest absolute Gasteiger partial charge is 0.506 e. The van der Waals surface area contributed by atoms with Gasteiger partial charge in [-0.05, 0) is 37.1 Å². The van der Waals surface area contributed by atoms with E-state index in [0.29, 0.717) is 45.0 Å². The van der Waals surface area contributed by atoms with Crippen LogP contribution < -0.4 is 9.80 Å². The molecule has 160 valence electrons. The number of nitro benzene ring substituents is 1. The van der Waals surface area contributed by atoms with Crippen LogP contribution in [0.5, 0.6) is 5.75 Å². The number of sulfonamides is 1. The molecule has 2 aromatic carbocycles. The Morgan fingerprint density at radius 1 is 0.867 bits per heavy atom. The molecular formula is C20H24N4O5S. The second kappa shape index (κ2) is 8.11. The number of phenols is 1. The van der Waals surface area contributed by atoms with E-state index in [1.807, 2.05) is 21.9 Å². The molecule has 0 atom stereocenters. The molecule has 2 fully saturated rings. The van der Waals surface area contributed by atoms with E-state index in [4.69, 9.17) is 0 Å². The Labute approximate surface area is 175 Å². The third kappa shape index (κ3) is 3.80. The van der Waals surface area contributed by atoms with Gasteiger partial charge in [0.1, 0.15) is 11.4 Å². The number of phenolic OH excluding ortho intramolecular Hbond substituents is 1. The van der Waals surface area contributed by atoms with Gasteiger partial charge in [-0.15, -0.1) is 0 Å². The maximum Gasteiger partial charge on any atom is 0.293 e.